The van der Waals surface area contributed by atoms with Crippen LogP contribution in [-0.2, 0) is 11.2 Å². The molecule has 1 aromatic rings. The number of rotatable bonds is 3. The van der Waals surface area contributed by atoms with Crippen LogP contribution in [0.15, 0.2) is 18.2 Å². The second kappa shape index (κ2) is 5.01. The molecule has 0 spiro atoms. The van der Waals surface area contributed by atoms with E-state index in [0.29, 0.717) is 12.3 Å². The fourth-order valence-corrected chi connectivity index (χ4v) is 2.95. The van der Waals surface area contributed by atoms with Crippen molar-refractivity contribution in [1.29, 1.82) is 0 Å². The minimum absolute atomic E-state index is 0.153. The molecule has 1 N–H and O–H groups in total. The molecule has 1 aliphatic carbocycles. The number of hydrogen-bond donors (Lipinski definition) is 1. The number of anilines is 1. The summed E-state index contributed by atoms with van der Waals surface area (Å²) in [6.45, 7) is 0.759. The lowest BCUT2D eigenvalue weighted by molar-refractivity contribution is -0.117. The zero-order valence-electron chi connectivity index (χ0n) is 10.6. The van der Waals surface area contributed by atoms with Gasteiger partial charge in [0.15, 0.2) is 0 Å². The van der Waals surface area contributed by atoms with Crippen molar-refractivity contribution in [3.8, 4) is 5.75 Å². The average molecular weight is 245 g/mol. The molecule has 1 saturated carbocycles. The van der Waals surface area contributed by atoms with Crippen molar-refractivity contribution in [3.05, 3.63) is 23.8 Å². The standard InChI is InChI=1S/C15H19NO2/c17-15(9-11-3-1-2-4-11)16-13-5-6-14-12(10-13)7-8-18-14/h5-6,10-11H,1-4,7-9H2,(H,16,17). The van der Waals surface area contributed by atoms with Crippen LogP contribution in [0.25, 0.3) is 0 Å². The Hall–Kier alpha value is -1.51. The highest BCUT2D eigenvalue weighted by Gasteiger charge is 2.19. The Bertz CT molecular complexity index is 450. The molecule has 96 valence electrons. The van der Waals surface area contributed by atoms with Crippen LogP contribution in [0.3, 0.4) is 0 Å². The van der Waals surface area contributed by atoms with E-state index in [4.69, 9.17) is 4.74 Å². The van der Waals surface area contributed by atoms with Gasteiger partial charge in [-0.2, -0.15) is 0 Å². The van der Waals surface area contributed by atoms with Gasteiger partial charge < -0.3 is 10.1 Å². The summed E-state index contributed by atoms with van der Waals surface area (Å²) in [6.07, 6.45) is 6.62. The summed E-state index contributed by atoms with van der Waals surface area (Å²) in [6, 6.07) is 5.92. The van der Waals surface area contributed by atoms with E-state index in [1.807, 2.05) is 18.2 Å². The maximum absolute atomic E-state index is 11.9. The van der Waals surface area contributed by atoms with Crippen LogP contribution in [0, 0.1) is 5.92 Å². The summed E-state index contributed by atoms with van der Waals surface area (Å²) in [5.41, 5.74) is 2.11. The van der Waals surface area contributed by atoms with Gasteiger partial charge in [0.2, 0.25) is 5.91 Å². The first-order chi connectivity index (χ1) is 8.81. The Morgan fingerprint density at radius 2 is 2.17 bits per heavy atom. The molecule has 3 nitrogen and oxygen atoms in total. The number of nitrogens with one attached hydrogen (secondary N) is 1. The Balaban J connectivity index is 1.60. The highest BCUT2D eigenvalue weighted by Crippen LogP contribution is 2.29. The SMILES string of the molecule is O=C(CC1CCCC1)Nc1ccc2c(c1)CCO2. The fourth-order valence-electron chi connectivity index (χ4n) is 2.95. The van der Waals surface area contributed by atoms with Gasteiger partial charge in [-0.05, 0) is 42.5 Å². The number of carbonyl (C=O) groups is 1. The quantitative estimate of drug-likeness (QED) is 0.888. The van der Waals surface area contributed by atoms with Crippen LogP contribution in [0.2, 0.25) is 0 Å². The molecule has 0 aromatic heterocycles. The highest BCUT2D eigenvalue weighted by atomic mass is 16.5. The van der Waals surface area contributed by atoms with Gasteiger partial charge in [0.25, 0.3) is 0 Å². The molecule has 3 rings (SSSR count). The minimum atomic E-state index is 0.153. The number of ether oxygens (including phenoxy) is 1. The number of fused-ring (bicyclic) bond motifs is 1. The Kier molecular flexibility index (Phi) is 3.22. The van der Waals surface area contributed by atoms with Crippen LogP contribution in [0.1, 0.15) is 37.7 Å². The van der Waals surface area contributed by atoms with E-state index < -0.39 is 0 Å². The molecule has 0 bridgehead atoms. The minimum Gasteiger partial charge on any atom is -0.493 e. The summed E-state index contributed by atoms with van der Waals surface area (Å²) >= 11 is 0. The lowest BCUT2D eigenvalue weighted by Crippen LogP contribution is -2.15. The Morgan fingerprint density at radius 1 is 1.33 bits per heavy atom. The second-order valence-corrected chi connectivity index (χ2v) is 5.32. The number of carbonyl (C=O) groups excluding carboxylic acids is 1. The Labute approximate surface area is 108 Å². The predicted octanol–water partition coefficient (Wildman–Crippen LogP) is 3.14. The van der Waals surface area contributed by atoms with Crippen LogP contribution < -0.4 is 10.1 Å². The van der Waals surface area contributed by atoms with Gasteiger partial charge in [-0.3, -0.25) is 4.79 Å². The predicted molar refractivity (Wildman–Crippen MR) is 70.8 cm³/mol. The molecule has 1 aromatic carbocycles. The Morgan fingerprint density at radius 3 is 3.00 bits per heavy atom. The summed E-state index contributed by atoms with van der Waals surface area (Å²) in [4.78, 5) is 11.9. The molecular formula is C15H19NO2. The van der Waals surface area contributed by atoms with Crippen molar-refractivity contribution in [2.45, 2.75) is 38.5 Å². The van der Waals surface area contributed by atoms with Crippen molar-refractivity contribution < 1.29 is 9.53 Å². The molecule has 1 fully saturated rings. The average Bonchev–Trinajstić information content (AvgIpc) is 2.98. The van der Waals surface area contributed by atoms with Gasteiger partial charge in [0, 0.05) is 18.5 Å². The lowest BCUT2D eigenvalue weighted by Gasteiger charge is -2.10. The second-order valence-electron chi connectivity index (χ2n) is 5.32. The van der Waals surface area contributed by atoms with Crippen LogP contribution in [0.5, 0.6) is 5.75 Å². The van der Waals surface area contributed by atoms with Crippen molar-refractivity contribution in [2.75, 3.05) is 11.9 Å². The van der Waals surface area contributed by atoms with Gasteiger partial charge in [0.1, 0.15) is 5.75 Å². The summed E-state index contributed by atoms with van der Waals surface area (Å²) in [7, 11) is 0. The monoisotopic (exact) mass is 245 g/mol. The molecule has 0 saturated heterocycles. The molecule has 2 aliphatic rings. The van der Waals surface area contributed by atoms with Crippen LogP contribution in [-0.4, -0.2) is 12.5 Å². The largest absolute Gasteiger partial charge is 0.493 e. The third kappa shape index (κ3) is 2.50. The molecule has 0 atom stereocenters. The van der Waals surface area contributed by atoms with Crippen LogP contribution in [0.4, 0.5) is 5.69 Å². The van der Waals surface area contributed by atoms with E-state index in [2.05, 4.69) is 5.32 Å². The molecule has 1 heterocycles. The molecule has 1 amide bonds. The first-order valence-corrected chi connectivity index (χ1v) is 6.87. The van der Waals surface area contributed by atoms with Crippen molar-refractivity contribution in [3.63, 3.8) is 0 Å². The van der Waals surface area contributed by atoms with Crippen molar-refractivity contribution in [2.24, 2.45) is 5.92 Å². The van der Waals surface area contributed by atoms with E-state index in [1.165, 1.54) is 31.2 Å². The maximum atomic E-state index is 11.9. The van der Waals surface area contributed by atoms with E-state index in [-0.39, 0.29) is 5.91 Å². The van der Waals surface area contributed by atoms with E-state index >= 15 is 0 Å². The van der Waals surface area contributed by atoms with Crippen molar-refractivity contribution in [1.82, 2.24) is 0 Å². The van der Waals surface area contributed by atoms with Gasteiger partial charge in [-0.1, -0.05) is 12.8 Å². The molecule has 3 heteroatoms. The third-order valence-corrected chi connectivity index (χ3v) is 3.92. The molecule has 0 unspecified atom stereocenters. The molecule has 18 heavy (non-hydrogen) atoms. The highest BCUT2D eigenvalue weighted by molar-refractivity contribution is 5.91. The summed E-state index contributed by atoms with van der Waals surface area (Å²) in [5.74, 6) is 1.72. The number of amides is 1. The van der Waals surface area contributed by atoms with Gasteiger partial charge in [-0.15, -0.1) is 0 Å². The van der Waals surface area contributed by atoms with E-state index in [9.17, 15) is 4.79 Å². The van der Waals surface area contributed by atoms with E-state index in [1.54, 1.807) is 0 Å². The fraction of sp³-hybridized carbons (Fsp3) is 0.533. The van der Waals surface area contributed by atoms with E-state index in [0.717, 1.165) is 24.5 Å². The van der Waals surface area contributed by atoms with Crippen molar-refractivity contribution >= 4 is 11.6 Å². The first kappa shape index (κ1) is 11.6. The zero-order valence-corrected chi connectivity index (χ0v) is 10.6. The normalized spacial score (nSPS) is 18.4. The zero-order chi connectivity index (χ0) is 12.4. The molecule has 1 aliphatic heterocycles. The number of hydrogen-bond acceptors (Lipinski definition) is 2. The van der Waals surface area contributed by atoms with Gasteiger partial charge >= 0.3 is 0 Å². The lowest BCUT2D eigenvalue weighted by atomic mass is 10.0. The van der Waals surface area contributed by atoms with Crippen LogP contribution >= 0.6 is 0 Å². The van der Waals surface area contributed by atoms with Gasteiger partial charge in [-0.25, -0.2) is 0 Å². The molecular weight excluding hydrogens is 226 g/mol. The smallest absolute Gasteiger partial charge is 0.224 e. The number of benzene rings is 1. The maximum Gasteiger partial charge on any atom is 0.224 e. The summed E-state index contributed by atoms with van der Waals surface area (Å²) < 4.78 is 5.45. The summed E-state index contributed by atoms with van der Waals surface area (Å²) in [5, 5.41) is 3.00. The molecule has 0 radical (unpaired) electrons. The first-order valence-electron chi connectivity index (χ1n) is 6.87. The third-order valence-electron chi connectivity index (χ3n) is 3.92. The topological polar surface area (TPSA) is 38.3 Å². The van der Waals surface area contributed by atoms with Gasteiger partial charge in [0.05, 0.1) is 6.61 Å².